The highest BCUT2D eigenvalue weighted by atomic mass is 32.1. The Morgan fingerprint density at radius 1 is 1.24 bits per heavy atom. The fraction of sp³-hybridized carbons (Fsp3) is 0.400. The summed E-state index contributed by atoms with van der Waals surface area (Å²) in [7, 11) is 0. The van der Waals surface area contributed by atoms with Crippen molar-refractivity contribution in [2.24, 2.45) is 5.73 Å². The van der Waals surface area contributed by atoms with Crippen LogP contribution in [0.4, 0.5) is 18.6 Å². The molecule has 13 heteroatoms. The average molecular weight is 486 g/mol. The van der Waals surface area contributed by atoms with Crippen LogP contribution in [0.5, 0.6) is 5.88 Å². The number of hydrogen-bond acceptors (Lipinski definition) is 7. The van der Waals surface area contributed by atoms with Crippen molar-refractivity contribution >= 4 is 34.4 Å². The Hall–Kier alpha value is -3.32. The van der Waals surface area contributed by atoms with Crippen LogP contribution in [0.2, 0.25) is 0 Å². The number of benzene rings is 1. The van der Waals surface area contributed by atoms with E-state index in [1.54, 1.807) is 13.8 Å². The zero-order chi connectivity index (χ0) is 24.7. The quantitative estimate of drug-likeness (QED) is 0.346. The van der Waals surface area contributed by atoms with E-state index in [1.807, 2.05) is 0 Å². The number of aryl methyl sites for hydroxylation is 1. The lowest BCUT2D eigenvalue weighted by atomic mass is 10.1. The number of nitrogens with one attached hydrogen (secondary N) is 3. The molecule has 1 heterocycles. The fourth-order valence-electron chi connectivity index (χ4n) is 2.71. The Morgan fingerprint density at radius 3 is 2.45 bits per heavy atom. The van der Waals surface area contributed by atoms with Gasteiger partial charge >= 0.3 is 6.03 Å². The van der Waals surface area contributed by atoms with Crippen molar-refractivity contribution in [3.8, 4) is 5.88 Å². The second-order valence-corrected chi connectivity index (χ2v) is 8.24. The maximum absolute atomic E-state index is 14.0. The predicted molar refractivity (Wildman–Crippen MR) is 117 cm³/mol. The van der Waals surface area contributed by atoms with Gasteiger partial charge in [-0.15, -0.1) is 0 Å². The first kappa shape index (κ1) is 25.9. The van der Waals surface area contributed by atoms with Crippen molar-refractivity contribution in [2.45, 2.75) is 45.9 Å². The molecule has 180 valence electrons. The van der Waals surface area contributed by atoms with E-state index in [-0.39, 0.29) is 46.9 Å². The minimum Gasteiger partial charge on any atom is -0.471 e. The number of halogens is 2. The van der Waals surface area contributed by atoms with Gasteiger partial charge < -0.3 is 26.2 Å². The largest absolute Gasteiger partial charge is 0.471 e. The molecule has 0 radical (unpaired) electrons. The second-order valence-electron chi connectivity index (χ2n) is 7.47. The number of anilines is 1. The topological polar surface area (TPSA) is 156 Å². The van der Waals surface area contributed by atoms with Crippen molar-refractivity contribution < 1.29 is 33.0 Å². The van der Waals surface area contributed by atoms with Gasteiger partial charge in [-0.3, -0.25) is 14.9 Å². The normalized spacial score (nSPS) is 11.7. The number of primary amides is 1. The number of nitrogens with zero attached hydrogens (tertiary/aromatic N) is 1. The second kappa shape index (κ2) is 11.5. The Morgan fingerprint density at radius 2 is 1.88 bits per heavy atom. The van der Waals surface area contributed by atoms with E-state index in [0.29, 0.717) is 17.1 Å². The molecule has 1 aromatic carbocycles. The van der Waals surface area contributed by atoms with Crippen molar-refractivity contribution in [1.82, 2.24) is 15.0 Å². The average Bonchev–Trinajstić information content (AvgIpc) is 3.07. The molecule has 1 atom stereocenters. The van der Waals surface area contributed by atoms with Crippen LogP contribution >= 0.6 is 11.5 Å². The third kappa shape index (κ3) is 7.64. The number of carbonyl (C=O) groups excluding carboxylic acids is 3. The van der Waals surface area contributed by atoms with Gasteiger partial charge in [-0.2, -0.15) is 4.37 Å². The molecule has 2 rings (SSSR count). The molecule has 0 aliphatic rings. The van der Waals surface area contributed by atoms with Crippen molar-refractivity contribution in [3.63, 3.8) is 0 Å². The molecule has 0 bridgehead atoms. The van der Waals surface area contributed by atoms with Gasteiger partial charge in [0.25, 0.3) is 5.91 Å². The van der Waals surface area contributed by atoms with Gasteiger partial charge in [0, 0.05) is 12.6 Å². The third-order valence-electron chi connectivity index (χ3n) is 4.14. The molecule has 1 aromatic heterocycles. The first-order valence-electron chi connectivity index (χ1n) is 9.87. The molecule has 6 N–H and O–H groups in total. The highest BCUT2D eigenvalue weighted by Gasteiger charge is 2.23. The molecular formula is C20H25F2N5O5S. The maximum atomic E-state index is 14.0. The lowest BCUT2D eigenvalue weighted by Gasteiger charge is -2.14. The van der Waals surface area contributed by atoms with Gasteiger partial charge in [-0.05, 0) is 50.0 Å². The molecule has 0 saturated heterocycles. The Labute approximate surface area is 192 Å². The Balaban J connectivity index is 1.99. The zero-order valence-corrected chi connectivity index (χ0v) is 19.0. The van der Waals surface area contributed by atoms with Crippen LogP contribution in [-0.4, -0.2) is 46.0 Å². The number of nitrogens with two attached hydrogens (primary N) is 1. The number of urea groups is 1. The number of aliphatic hydroxyl groups excluding tert-OH is 1. The summed E-state index contributed by atoms with van der Waals surface area (Å²) in [5.74, 6) is -3.29. The monoisotopic (exact) mass is 485 g/mol. The number of hydrogen-bond donors (Lipinski definition) is 5. The molecule has 33 heavy (non-hydrogen) atoms. The van der Waals surface area contributed by atoms with E-state index in [4.69, 9.17) is 10.5 Å². The Bertz CT molecular complexity index is 1010. The summed E-state index contributed by atoms with van der Waals surface area (Å²) in [6.07, 6.45) is -1.35. The highest BCUT2D eigenvalue weighted by Crippen LogP contribution is 2.31. The van der Waals surface area contributed by atoms with Gasteiger partial charge in [0.15, 0.2) is 0 Å². The third-order valence-corrected chi connectivity index (χ3v) is 4.89. The van der Waals surface area contributed by atoms with Crippen molar-refractivity contribution in [2.75, 3.05) is 11.9 Å². The standard InChI is InChI=1S/C20H25F2N5O5S/c1-9(2)25-15(29)6-11(28)7-24-20(31)26-19-16(17(23)30)18(27-33-19)32-8-12-13(21)4-10(3)5-14(12)22/h4-5,9,11,28H,6-8H2,1-3H3,(H2,23,30)(H,25,29)(H2,24,26,31). The molecular weight excluding hydrogens is 460 g/mol. The minimum atomic E-state index is -1.13. The number of aliphatic hydroxyl groups is 1. The van der Waals surface area contributed by atoms with E-state index in [0.717, 1.165) is 12.1 Å². The number of ether oxygens (including phenoxy) is 1. The van der Waals surface area contributed by atoms with E-state index in [2.05, 4.69) is 20.3 Å². The van der Waals surface area contributed by atoms with Crippen LogP contribution in [-0.2, 0) is 11.4 Å². The van der Waals surface area contributed by atoms with Crippen LogP contribution in [0.3, 0.4) is 0 Å². The summed E-state index contributed by atoms with van der Waals surface area (Å²) in [4.78, 5) is 35.6. The van der Waals surface area contributed by atoms with Crippen molar-refractivity contribution in [3.05, 3.63) is 40.5 Å². The van der Waals surface area contributed by atoms with Crippen LogP contribution in [0, 0.1) is 18.6 Å². The van der Waals surface area contributed by atoms with Gasteiger partial charge in [-0.25, -0.2) is 13.6 Å². The van der Waals surface area contributed by atoms with Gasteiger partial charge in [0.05, 0.1) is 18.1 Å². The molecule has 10 nitrogen and oxygen atoms in total. The maximum Gasteiger partial charge on any atom is 0.320 e. The highest BCUT2D eigenvalue weighted by molar-refractivity contribution is 7.11. The van der Waals surface area contributed by atoms with Gasteiger partial charge in [0.1, 0.15) is 28.8 Å². The Kier molecular flexibility index (Phi) is 9.05. The first-order valence-corrected chi connectivity index (χ1v) is 10.6. The SMILES string of the molecule is Cc1cc(F)c(COc2nsc(NC(=O)NCC(O)CC(=O)NC(C)C)c2C(N)=O)c(F)c1. The summed E-state index contributed by atoms with van der Waals surface area (Å²) in [5.41, 5.74) is 5.10. The number of amides is 4. The lowest BCUT2D eigenvalue weighted by Crippen LogP contribution is -2.39. The van der Waals surface area contributed by atoms with Crippen LogP contribution in [0.1, 0.15) is 41.8 Å². The number of carbonyl (C=O) groups is 3. The molecule has 4 amide bonds. The van der Waals surface area contributed by atoms with E-state index < -0.39 is 36.3 Å². The number of rotatable bonds is 10. The van der Waals surface area contributed by atoms with E-state index >= 15 is 0 Å². The summed E-state index contributed by atoms with van der Waals surface area (Å²) in [6.45, 7) is 4.28. The van der Waals surface area contributed by atoms with Crippen LogP contribution < -0.4 is 26.4 Å². The summed E-state index contributed by atoms with van der Waals surface area (Å²) < 4.78 is 37.2. The van der Waals surface area contributed by atoms with Crippen molar-refractivity contribution in [1.29, 1.82) is 0 Å². The fourth-order valence-corrected chi connectivity index (χ4v) is 3.45. The molecule has 0 aliphatic heterocycles. The zero-order valence-electron chi connectivity index (χ0n) is 18.2. The van der Waals surface area contributed by atoms with E-state index in [1.165, 1.54) is 6.92 Å². The first-order chi connectivity index (χ1) is 15.5. The minimum absolute atomic E-state index is 0.0631. The summed E-state index contributed by atoms with van der Waals surface area (Å²) in [5, 5.41) is 17.1. The van der Waals surface area contributed by atoms with Gasteiger partial charge in [0.2, 0.25) is 11.8 Å². The molecule has 1 unspecified atom stereocenters. The summed E-state index contributed by atoms with van der Waals surface area (Å²) in [6, 6.07) is 1.38. The van der Waals surface area contributed by atoms with Crippen LogP contribution in [0.15, 0.2) is 12.1 Å². The smallest absolute Gasteiger partial charge is 0.320 e. The number of aromatic nitrogens is 1. The molecule has 0 fully saturated rings. The lowest BCUT2D eigenvalue weighted by molar-refractivity contribution is -0.123. The van der Waals surface area contributed by atoms with Crippen LogP contribution in [0.25, 0.3) is 0 Å². The summed E-state index contributed by atoms with van der Waals surface area (Å²) >= 11 is 0.669. The molecule has 0 saturated carbocycles. The molecule has 2 aromatic rings. The van der Waals surface area contributed by atoms with E-state index in [9.17, 15) is 28.3 Å². The molecule has 0 spiro atoms. The van der Waals surface area contributed by atoms with Gasteiger partial charge in [-0.1, -0.05) is 0 Å². The predicted octanol–water partition coefficient (Wildman–Crippen LogP) is 1.80. The molecule has 0 aliphatic carbocycles.